The van der Waals surface area contributed by atoms with Crippen LogP contribution in [-0.2, 0) is 4.79 Å². The maximum absolute atomic E-state index is 11.2. The molecule has 0 saturated carbocycles. The van der Waals surface area contributed by atoms with Gasteiger partial charge in [-0.25, -0.2) is 0 Å². The van der Waals surface area contributed by atoms with Crippen molar-refractivity contribution in [3.05, 3.63) is 35.4 Å². The lowest BCUT2D eigenvalue weighted by Crippen LogP contribution is -2.33. The van der Waals surface area contributed by atoms with Gasteiger partial charge in [0.1, 0.15) is 6.10 Å². The summed E-state index contributed by atoms with van der Waals surface area (Å²) in [5.74, 6) is -1.25. The van der Waals surface area contributed by atoms with Crippen LogP contribution in [0.2, 0.25) is 0 Å². The van der Waals surface area contributed by atoms with Gasteiger partial charge >= 0.3 is 0 Å². The Kier molecular flexibility index (Phi) is 4.33. The van der Waals surface area contributed by atoms with E-state index in [1.165, 1.54) is 24.3 Å². The van der Waals surface area contributed by atoms with Gasteiger partial charge < -0.3 is 21.7 Å². The van der Waals surface area contributed by atoms with Crippen LogP contribution in [0.3, 0.4) is 0 Å². The van der Waals surface area contributed by atoms with Crippen molar-refractivity contribution >= 4 is 11.7 Å². The topological polar surface area (TPSA) is 127 Å². The van der Waals surface area contributed by atoms with Crippen molar-refractivity contribution in [3.8, 4) is 0 Å². The Bertz CT molecular complexity index is 416. The first-order chi connectivity index (χ1) is 7.97. The van der Waals surface area contributed by atoms with E-state index in [2.05, 4.69) is 0 Å². The molecule has 0 aliphatic rings. The molecule has 0 aromatic heterocycles. The first-order valence-corrected chi connectivity index (χ1v) is 4.96. The Labute approximate surface area is 97.8 Å². The monoisotopic (exact) mass is 238 g/mol. The number of ketones is 1. The summed E-state index contributed by atoms with van der Waals surface area (Å²) in [6.45, 7) is -0.105. The number of aliphatic hydroxyl groups is 2. The van der Waals surface area contributed by atoms with Gasteiger partial charge in [0.15, 0.2) is 11.9 Å². The largest absolute Gasteiger partial charge is 0.385 e. The van der Waals surface area contributed by atoms with E-state index in [0.717, 1.165) is 0 Å². The molecule has 0 aliphatic carbocycles. The van der Waals surface area contributed by atoms with Crippen molar-refractivity contribution < 1.29 is 19.8 Å². The van der Waals surface area contributed by atoms with Gasteiger partial charge in [0.2, 0.25) is 5.91 Å². The molecule has 17 heavy (non-hydrogen) atoms. The van der Waals surface area contributed by atoms with Gasteiger partial charge in [-0.1, -0.05) is 24.3 Å². The Hall–Kier alpha value is -1.76. The zero-order valence-corrected chi connectivity index (χ0v) is 9.04. The zero-order valence-electron chi connectivity index (χ0n) is 9.04. The fourth-order valence-corrected chi connectivity index (χ4v) is 1.32. The van der Waals surface area contributed by atoms with Crippen LogP contribution in [0.1, 0.15) is 22.0 Å². The van der Waals surface area contributed by atoms with Crippen molar-refractivity contribution in [3.63, 3.8) is 0 Å². The molecular formula is C11H14N2O4. The number of rotatable bonds is 5. The Balaban J connectivity index is 2.87. The Morgan fingerprint density at radius 3 is 2.12 bits per heavy atom. The van der Waals surface area contributed by atoms with E-state index < -0.39 is 18.1 Å². The minimum Gasteiger partial charge on any atom is -0.385 e. The molecule has 2 atom stereocenters. The number of aliphatic hydroxyl groups excluding tert-OH is 2. The van der Waals surface area contributed by atoms with Crippen LogP contribution in [0.4, 0.5) is 0 Å². The lowest BCUT2D eigenvalue weighted by atomic mass is 10.0. The first-order valence-electron chi connectivity index (χ1n) is 4.96. The molecule has 6 N–H and O–H groups in total. The smallest absolute Gasteiger partial charge is 0.249 e. The molecule has 0 fully saturated rings. The van der Waals surface area contributed by atoms with Crippen molar-refractivity contribution in [2.24, 2.45) is 11.5 Å². The molecule has 0 radical (unpaired) electrons. The standard InChI is InChI=1S/C11H14N2O4/c12-5-8(14)6-1-3-7(4-2-6)9(15)10(16)11(13)17/h1-4,9-10,15-16H,5,12H2,(H2,13,17). The maximum atomic E-state index is 11.2. The van der Waals surface area contributed by atoms with Gasteiger partial charge in [-0.05, 0) is 5.56 Å². The van der Waals surface area contributed by atoms with E-state index in [4.69, 9.17) is 11.5 Å². The van der Waals surface area contributed by atoms with Crippen LogP contribution in [0.25, 0.3) is 0 Å². The molecule has 6 heteroatoms. The normalized spacial score (nSPS) is 14.1. The van der Waals surface area contributed by atoms with E-state index in [0.29, 0.717) is 11.1 Å². The van der Waals surface area contributed by atoms with Crippen LogP contribution < -0.4 is 11.5 Å². The van der Waals surface area contributed by atoms with Crippen LogP contribution in [-0.4, -0.2) is 34.6 Å². The molecule has 6 nitrogen and oxygen atoms in total. The summed E-state index contributed by atoms with van der Waals surface area (Å²) in [5, 5.41) is 18.8. The highest BCUT2D eigenvalue weighted by atomic mass is 16.3. The fraction of sp³-hybridized carbons (Fsp3) is 0.273. The van der Waals surface area contributed by atoms with E-state index in [1.54, 1.807) is 0 Å². The SMILES string of the molecule is NCC(=O)c1ccc(C(O)C(O)C(N)=O)cc1. The number of nitrogens with two attached hydrogens (primary N) is 2. The van der Waals surface area contributed by atoms with Crippen molar-refractivity contribution in [1.82, 2.24) is 0 Å². The van der Waals surface area contributed by atoms with E-state index >= 15 is 0 Å². The van der Waals surface area contributed by atoms with Crippen LogP contribution in [0.5, 0.6) is 0 Å². The number of hydrogen-bond acceptors (Lipinski definition) is 5. The Morgan fingerprint density at radius 2 is 1.71 bits per heavy atom. The molecular weight excluding hydrogens is 224 g/mol. The predicted molar refractivity (Wildman–Crippen MR) is 60.0 cm³/mol. The summed E-state index contributed by atoms with van der Waals surface area (Å²) in [5.41, 5.74) is 10.7. The summed E-state index contributed by atoms with van der Waals surface area (Å²) in [6.07, 6.45) is -3.08. The number of carbonyl (C=O) groups is 2. The highest BCUT2D eigenvalue weighted by Crippen LogP contribution is 2.17. The van der Waals surface area contributed by atoms with Gasteiger partial charge in [-0.3, -0.25) is 9.59 Å². The second-order valence-electron chi connectivity index (χ2n) is 3.54. The molecule has 1 aromatic carbocycles. The zero-order chi connectivity index (χ0) is 13.0. The van der Waals surface area contributed by atoms with E-state index in [-0.39, 0.29) is 12.3 Å². The number of carbonyl (C=O) groups excluding carboxylic acids is 2. The average Bonchev–Trinajstić information content (AvgIpc) is 2.36. The Morgan fingerprint density at radius 1 is 1.18 bits per heavy atom. The van der Waals surface area contributed by atoms with Gasteiger partial charge in [0.25, 0.3) is 0 Å². The second kappa shape index (κ2) is 5.53. The van der Waals surface area contributed by atoms with E-state index in [1.807, 2.05) is 0 Å². The lowest BCUT2D eigenvalue weighted by molar-refractivity contribution is -0.131. The molecule has 0 heterocycles. The molecule has 1 rings (SSSR count). The summed E-state index contributed by atoms with van der Waals surface area (Å²) in [4.78, 5) is 21.9. The third-order valence-electron chi connectivity index (χ3n) is 2.35. The lowest BCUT2D eigenvalue weighted by Gasteiger charge is -2.15. The molecule has 0 saturated heterocycles. The van der Waals surface area contributed by atoms with Gasteiger partial charge in [0, 0.05) is 5.56 Å². The highest BCUT2D eigenvalue weighted by Gasteiger charge is 2.23. The summed E-state index contributed by atoms with van der Waals surface area (Å²) < 4.78 is 0. The highest BCUT2D eigenvalue weighted by molar-refractivity contribution is 5.97. The van der Waals surface area contributed by atoms with E-state index in [9.17, 15) is 19.8 Å². The number of amides is 1. The molecule has 0 aliphatic heterocycles. The number of benzene rings is 1. The minimum absolute atomic E-state index is 0.105. The molecule has 2 unspecified atom stereocenters. The van der Waals surface area contributed by atoms with Crippen LogP contribution in [0, 0.1) is 0 Å². The third-order valence-corrected chi connectivity index (χ3v) is 2.35. The second-order valence-corrected chi connectivity index (χ2v) is 3.54. The van der Waals surface area contributed by atoms with Crippen molar-refractivity contribution in [2.45, 2.75) is 12.2 Å². The molecule has 1 amide bonds. The summed E-state index contributed by atoms with van der Waals surface area (Å²) >= 11 is 0. The average molecular weight is 238 g/mol. The third kappa shape index (κ3) is 3.10. The summed E-state index contributed by atoms with van der Waals surface area (Å²) in [6, 6.07) is 5.78. The van der Waals surface area contributed by atoms with Crippen molar-refractivity contribution in [2.75, 3.05) is 6.54 Å². The fourth-order valence-electron chi connectivity index (χ4n) is 1.32. The molecule has 1 aromatic rings. The number of hydrogen-bond donors (Lipinski definition) is 4. The van der Waals surface area contributed by atoms with Crippen LogP contribution >= 0.6 is 0 Å². The molecule has 92 valence electrons. The van der Waals surface area contributed by atoms with Gasteiger partial charge in [0.05, 0.1) is 6.54 Å². The number of primary amides is 1. The van der Waals surface area contributed by atoms with Gasteiger partial charge in [-0.2, -0.15) is 0 Å². The molecule has 0 spiro atoms. The predicted octanol–water partition coefficient (Wildman–Crippen LogP) is -1.29. The minimum atomic E-state index is -1.67. The maximum Gasteiger partial charge on any atom is 0.249 e. The quantitative estimate of drug-likeness (QED) is 0.474. The van der Waals surface area contributed by atoms with Crippen molar-refractivity contribution in [1.29, 1.82) is 0 Å². The summed E-state index contributed by atoms with van der Waals surface area (Å²) in [7, 11) is 0. The first kappa shape index (κ1) is 13.3. The number of Topliss-reactive ketones (excluding diaryl/α,β-unsaturated/α-hetero) is 1. The van der Waals surface area contributed by atoms with Crippen LogP contribution in [0.15, 0.2) is 24.3 Å². The molecule has 0 bridgehead atoms. The van der Waals surface area contributed by atoms with Gasteiger partial charge in [-0.15, -0.1) is 0 Å².